The SMILES string of the molecule is CO[C@H](/C=C/[C@@]1(C)C=CC(=O)O1)/C(C)=C/CC[C@H](C)[C@H](C)O. The molecule has 0 fully saturated rings. The van der Waals surface area contributed by atoms with Gasteiger partial charge in [-0.1, -0.05) is 19.1 Å². The van der Waals surface area contributed by atoms with Gasteiger partial charge < -0.3 is 14.6 Å². The third-order valence-electron chi connectivity index (χ3n) is 4.09. The van der Waals surface area contributed by atoms with E-state index in [9.17, 15) is 9.90 Å². The van der Waals surface area contributed by atoms with Crippen LogP contribution in [0.4, 0.5) is 0 Å². The normalized spacial score (nSPS) is 26.3. The summed E-state index contributed by atoms with van der Waals surface area (Å²) < 4.78 is 10.7. The van der Waals surface area contributed by atoms with Gasteiger partial charge in [0.2, 0.25) is 0 Å². The van der Waals surface area contributed by atoms with Crippen LogP contribution in [0, 0.1) is 5.92 Å². The van der Waals surface area contributed by atoms with E-state index in [0.29, 0.717) is 0 Å². The van der Waals surface area contributed by atoms with E-state index < -0.39 is 5.60 Å². The van der Waals surface area contributed by atoms with Gasteiger partial charge in [-0.15, -0.1) is 0 Å². The van der Waals surface area contributed by atoms with Crippen LogP contribution in [-0.4, -0.2) is 36.0 Å². The Balaban J connectivity index is 2.59. The van der Waals surface area contributed by atoms with Gasteiger partial charge >= 0.3 is 5.97 Å². The van der Waals surface area contributed by atoms with Crippen molar-refractivity contribution in [2.75, 3.05) is 7.11 Å². The molecule has 4 nitrogen and oxygen atoms in total. The van der Waals surface area contributed by atoms with Gasteiger partial charge in [-0.3, -0.25) is 0 Å². The molecule has 1 aliphatic rings. The average Bonchev–Trinajstić information content (AvgIpc) is 2.79. The fraction of sp³-hybridized carbons (Fsp3) is 0.611. The van der Waals surface area contributed by atoms with Crippen molar-refractivity contribution >= 4 is 5.97 Å². The van der Waals surface area contributed by atoms with E-state index in [0.717, 1.165) is 18.4 Å². The standard InChI is InChI=1S/C18H28O4/c1-13(15(3)19)7-6-8-14(2)16(21-5)9-11-18(4)12-10-17(20)22-18/h8-13,15-16,19H,6-7H2,1-5H3/b11-9+,14-8+/t13-,15-,16+,18-/m0/s1. The lowest BCUT2D eigenvalue weighted by molar-refractivity contribution is -0.141. The Bertz CT molecular complexity index is 462. The van der Waals surface area contributed by atoms with Crippen molar-refractivity contribution in [3.8, 4) is 0 Å². The number of hydrogen-bond donors (Lipinski definition) is 1. The van der Waals surface area contributed by atoms with Crippen molar-refractivity contribution < 1.29 is 19.4 Å². The third-order valence-corrected chi connectivity index (χ3v) is 4.09. The van der Waals surface area contributed by atoms with Crippen molar-refractivity contribution in [1.29, 1.82) is 0 Å². The number of carbonyl (C=O) groups excluding carboxylic acids is 1. The minimum atomic E-state index is -0.686. The molecule has 0 saturated carbocycles. The fourth-order valence-electron chi connectivity index (χ4n) is 2.23. The number of cyclic esters (lactones) is 1. The Morgan fingerprint density at radius 2 is 2.18 bits per heavy atom. The second-order valence-corrected chi connectivity index (χ2v) is 6.20. The van der Waals surface area contributed by atoms with Gasteiger partial charge in [0, 0.05) is 13.2 Å². The van der Waals surface area contributed by atoms with Gasteiger partial charge in [0.25, 0.3) is 0 Å². The summed E-state index contributed by atoms with van der Waals surface area (Å²) in [6.07, 6.45) is 10.5. The molecule has 0 spiro atoms. The number of aliphatic hydroxyl groups excluding tert-OH is 1. The van der Waals surface area contributed by atoms with Crippen LogP contribution in [0.5, 0.6) is 0 Å². The second-order valence-electron chi connectivity index (χ2n) is 6.20. The van der Waals surface area contributed by atoms with Crippen LogP contribution in [-0.2, 0) is 14.3 Å². The average molecular weight is 308 g/mol. The van der Waals surface area contributed by atoms with Gasteiger partial charge in [0.15, 0.2) is 0 Å². The molecule has 0 amide bonds. The van der Waals surface area contributed by atoms with E-state index in [-0.39, 0.29) is 24.1 Å². The van der Waals surface area contributed by atoms with Crippen molar-refractivity contribution in [1.82, 2.24) is 0 Å². The topological polar surface area (TPSA) is 55.8 Å². The summed E-state index contributed by atoms with van der Waals surface area (Å²) in [5.74, 6) is -0.0389. The maximum atomic E-state index is 11.2. The first-order valence-electron chi connectivity index (χ1n) is 7.76. The molecule has 1 aliphatic heterocycles. The minimum absolute atomic E-state index is 0.147. The largest absolute Gasteiger partial charge is 0.448 e. The van der Waals surface area contributed by atoms with Crippen molar-refractivity contribution in [2.24, 2.45) is 5.92 Å². The van der Waals surface area contributed by atoms with Gasteiger partial charge in [-0.25, -0.2) is 4.79 Å². The molecule has 0 radical (unpaired) electrons. The molecule has 0 bridgehead atoms. The van der Waals surface area contributed by atoms with E-state index >= 15 is 0 Å². The molecule has 1 N–H and O–H groups in total. The molecule has 0 aromatic heterocycles. The van der Waals surface area contributed by atoms with E-state index in [4.69, 9.17) is 9.47 Å². The monoisotopic (exact) mass is 308 g/mol. The number of methoxy groups -OCH3 is 1. The van der Waals surface area contributed by atoms with E-state index in [1.54, 1.807) is 13.2 Å². The van der Waals surface area contributed by atoms with Gasteiger partial charge in [-0.05, 0) is 57.3 Å². The zero-order chi connectivity index (χ0) is 16.8. The third kappa shape index (κ3) is 5.78. The minimum Gasteiger partial charge on any atom is -0.448 e. The summed E-state index contributed by atoms with van der Waals surface area (Å²) in [5, 5.41) is 9.49. The number of rotatable bonds is 8. The molecule has 22 heavy (non-hydrogen) atoms. The molecular weight excluding hydrogens is 280 g/mol. The Hall–Kier alpha value is -1.39. The van der Waals surface area contributed by atoms with Crippen LogP contribution < -0.4 is 0 Å². The quantitative estimate of drug-likeness (QED) is 0.553. The van der Waals surface area contributed by atoms with Gasteiger partial charge in [-0.2, -0.15) is 0 Å². The highest BCUT2D eigenvalue weighted by Gasteiger charge is 2.27. The molecular formula is C18H28O4. The summed E-state index contributed by atoms with van der Waals surface area (Å²) in [7, 11) is 1.66. The summed E-state index contributed by atoms with van der Waals surface area (Å²) in [4.78, 5) is 11.2. The lowest BCUT2D eigenvalue weighted by atomic mass is 9.98. The lowest BCUT2D eigenvalue weighted by Crippen LogP contribution is -2.21. The van der Waals surface area contributed by atoms with Crippen LogP contribution in [0.3, 0.4) is 0 Å². The Kier molecular flexibility index (Phi) is 7.04. The van der Waals surface area contributed by atoms with Crippen molar-refractivity contribution in [2.45, 2.75) is 58.3 Å². The maximum Gasteiger partial charge on any atom is 0.331 e. The molecule has 4 atom stereocenters. The molecule has 0 saturated heterocycles. The predicted octanol–water partition coefficient (Wildman–Crippen LogP) is 3.17. The van der Waals surface area contributed by atoms with Crippen molar-refractivity contribution in [3.63, 3.8) is 0 Å². The van der Waals surface area contributed by atoms with Crippen LogP contribution >= 0.6 is 0 Å². The van der Waals surface area contributed by atoms with Gasteiger partial charge in [0.1, 0.15) is 5.60 Å². The summed E-state index contributed by atoms with van der Waals surface area (Å²) in [6, 6.07) is 0. The summed E-state index contributed by atoms with van der Waals surface area (Å²) in [5.41, 5.74) is 0.420. The predicted molar refractivity (Wildman–Crippen MR) is 87.4 cm³/mol. The number of carbonyl (C=O) groups is 1. The highest BCUT2D eigenvalue weighted by Crippen LogP contribution is 2.22. The van der Waals surface area contributed by atoms with E-state index in [2.05, 4.69) is 6.08 Å². The number of esters is 1. The van der Waals surface area contributed by atoms with Crippen LogP contribution in [0.25, 0.3) is 0 Å². The molecule has 4 heteroatoms. The zero-order valence-corrected chi connectivity index (χ0v) is 14.2. The number of allylic oxidation sites excluding steroid dienone is 1. The van der Waals surface area contributed by atoms with Crippen LogP contribution in [0.15, 0.2) is 36.0 Å². The smallest absolute Gasteiger partial charge is 0.331 e. The van der Waals surface area contributed by atoms with E-state index in [1.165, 1.54) is 6.08 Å². The number of hydrogen-bond acceptors (Lipinski definition) is 4. The number of ether oxygens (including phenoxy) is 2. The molecule has 1 rings (SSSR count). The first kappa shape index (κ1) is 18.7. The molecule has 0 unspecified atom stereocenters. The zero-order valence-electron chi connectivity index (χ0n) is 14.2. The number of aliphatic hydroxyl groups is 1. The highest BCUT2D eigenvalue weighted by atomic mass is 16.6. The Labute approximate surface area is 133 Å². The molecule has 0 aromatic carbocycles. The molecule has 124 valence electrons. The van der Waals surface area contributed by atoms with E-state index in [1.807, 2.05) is 39.8 Å². The lowest BCUT2D eigenvalue weighted by Gasteiger charge is -2.19. The van der Waals surface area contributed by atoms with Gasteiger partial charge in [0.05, 0.1) is 12.2 Å². The summed E-state index contributed by atoms with van der Waals surface area (Å²) >= 11 is 0. The highest BCUT2D eigenvalue weighted by molar-refractivity contribution is 5.85. The fourth-order valence-corrected chi connectivity index (χ4v) is 2.23. The Morgan fingerprint density at radius 3 is 2.68 bits per heavy atom. The first-order valence-corrected chi connectivity index (χ1v) is 7.76. The Morgan fingerprint density at radius 1 is 1.50 bits per heavy atom. The summed E-state index contributed by atoms with van der Waals surface area (Å²) in [6.45, 7) is 7.72. The second kappa shape index (κ2) is 8.30. The molecule has 1 heterocycles. The van der Waals surface area contributed by atoms with Crippen LogP contribution in [0.1, 0.15) is 40.5 Å². The van der Waals surface area contributed by atoms with Crippen molar-refractivity contribution in [3.05, 3.63) is 36.0 Å². The van der Waals surface area contributed by atoms with Crippen LogP contribution in [0.2, 0.25) is 0 Å². The molecule has 0 aromatic rings. The molecule has 0 aliphatic carbocycles. The first-order chi connectivity index (χ1) is 10.3. The maximum absolute atomic E-state index is 11.2.